The van der Waals surface area contributed by atoms with Crippen molar-refractivity contribution in [3.05, 3.63) is 0 Å². The number of ketones is 1. The molecule has 0 spiro atoms. The fourth-order valence-corrected chi connectivity index (χ4v) is 1.24. The lowest BCUT2D eigenvalue weighted by Gasteiger charge is -2.32. The van der Waals surface area contributed by atoms with Crippen LogP contribution in [0.2, 0.25) is 0 Å². The normalized spacial score (nSPS) is 14.5. The van der Waals surface area contributed by atoms with Gasteiger partial charge < -0.3 is 0 Å². The predicted octanol–water partition coefficient (Wildman–Crippen LogP) is 4.60. The molecule has 0 aliphatic heterocycles. The monoisotopic (exact) mass is 318 g/mol. The van der Waals surface area contributed by atoms with Crippen molar-refractivity contribution < 1.29 is 44.3 Å². The van der Waals surface area contributed by atoms with E-state index in [4.69, 9.17) is 0 Å². The molecule has 10 heteroatoms. The minimum Gasteiger partial charge on any atom is -0.293 e. The molecule has 0 aliphatic carbocycles. The van der Waals surface area contributed by atoms with Crippen LogP contribution in [0.1, 0.15) is 32.6 Å². The highest BCUT2D eigenvalue weighted by Gasteiger charge is 2.83. The second kappa shape index (κ2) is 5.80. The summed E-state index contributed by atoms with van der Waals surface area (Å²) in [6.45, 7) is 1.58. The van der Waals surface area contributed by atoms with Gasteiger partial charge in [0.05, 0.1) is 0 Å². The maximum absolute atomic E-state index is 13.0. The van der Waals surface area contributed by atoms with Crippen molar-refractivity contribution >= 4 is 5.78 Å². The first-order chi connectivity index (χ1) is 8.73. The van der Waals surface area contributed by atoms with Crippen LogP contribution in [0.5, 0.6) is 0 Å². The Kier molecular flexibility index (Phi) is 5.53. The summed E-state index contributed by atoms with van der Waals surface area (Å²) < 4.78 is 112. The molecule has 0 bridgehead atoms. The van der Waals surface area contributed by atoms with Crippen molar-refractivity contribution in [3.63, 3.8) is 0 Å². The molecule has 0 fully saturated rings. The third kappa shape index (κ3) is 3.20. The second-order valence-electron chi connectivity index (χ2n) is 4.10. The first kappa shape index (κ1) is 19.0. The smallest absolute Gasteiger partial charge is 0.293 e. The first-order valence-corrected chi connectivity index (χ1v) is 5.47. The van der Waals surface area contributed by atoms with Crippen LogP contribution < -0.4 is 0 Å². The molecule has 0 aromatic heterocycles. The van der Waals surface area contributed by atoms with Gasteiger partial charge in [0.2, 0.25) is 5.78 Å². The number of hydrogen-bond acceptors (Lipinski definition) is 1. The number of hydrogen-bond donors (Lipinski definition) is 0. The molecule has 0 atom stereocenters. The molecule has 20 heavy (non-hydrogen) atoms. The van der Waals surface area contributed by atoms with E-state index in [9.17, 15) is 44.3 Å². The zero-order valence-corrected chi connectivity index (χ0v) is 10.1. The molecule has 0 rings (SSSR count). The highest BCUT2D eigenvalue weighted by atomic mass is 19.4. The standard InChI is InChI=1S/C10H11F9O/c1-2-3-4-5-6(20)7(11,12)8(13,14)9(15,16)10(17,18)19/h2-5H2,1H3. The Morgan fingerprint density at radius 2 is 1.25 bits per heavy atom. The number of halogens is 9. The van der Waals surface area contributed by atoms with Gasteiger partial charge in [0, 0.05) is 6.42 Å². The number of unbranched alkanes of at least 4 members (excludes halogenated alkanes) is 2. The summed E-state index contributed by atoms with van der Waals surface area (Å²) in [5.74, 6) is -22.6. The van der Waals surface area contributed by atoms with E-state index in [1.165, 1.54) is 0 Å². The minimum atomic E-state index is -7.01. The van der Waals surface area contributed by atoms with Gasteiger partial charge in [-0.3, -0.25) is 4.79 Å². The molecule has 0 unspecified atom stereocenters. The molecule has 1 nitrogen and oxygen atoms in total. The lowest BCUT2D eigenvalue weighted by molar-refractivity contribution is -0.388. The number of carbonyl (C=O) groups excluding carboxylic acids is 1. The topological polar surface area (TPSA) is 17.1 Å². The van der Waals surface area contributed by atoms with Crippen molar-refractivity contribution in [3.8, 4) is 0 Å². The number of carbonyl (C=O) groups is 1. The fourth-order valence-electron chi connectivity index (χ4n) is 1.24. The summed E-state index contributed by atoms with van der Waals surface area (Å²) in [5, 5.41) is 0. The zero-order chi connectivity index (χ0) is 16.4. The van der Waals surface area contributed by atoms with Gasteiger partial charge in [0.15, 0.2) is 0 Å². The van der Waals surface area contributed by atoms with Crippen LogP contribution in [0, 0.1) is 0 Å². The lowest BCUT2D eigenvalue weighted by Crippen LogP contribution is -2.63. The molecule has 0 radical (unpaired) electrons. The summed E-state index contributed by atoms with van der Waals surface area (Å²) >= 11 is 0. The third-order valence-corrected chi connectivity index (χ3v) is 2.50. The average Bonchev–Trinajstić information content (AvgIpc) is 2.27. The van der Waals surface area contributed by atoms with Crippen LogP contribution in [0.25, 0.3) is 0 Å². The molecular weight excluding hydrogens is 307 g/mol. The fraction of sp³-hybridized carbons (Fsp3) is 0.900. The van der Waals surface area contributed by atoms with Gasteiger partial charge in [0.25, 0.3) is 0 Å². The highest BCUT2D eigenvalue weighted by Crippen LogP contribution is 2.53. The first-order valence-electron chi connectivity index (χ1n) is 5.47. The Bertz CT molecular complexity index is 345. The Hall–Kier alpha value is -0.960. The summed E-state index contributed by atoms with van der Waals surface area (Å²) in [7, 11) is 0. The maximum Gasteiger partial charge on any atom is 0.460 e. The highest BCUT2D eigenvalue weighted by molar-refractivity contribution is 5.87. The Morgan fingerprint density at radius 1 is 0.800 bits per heavy atom. The van der Waals surface area contributed by atoms with E-state index >= 15 is 0 Å². The summed E-state index contributed by atoms with van der Waals surface area (Å²) in [6, 6.07) is 0. The van der Waals surface area contributed by atoms with E-state index in [1.807, 2.05) is 0 Å². The molecule has 0 aromatic carbocycles. The van der Waals surface area contributed by atoms with Crippen molar-refractivity contribution in [2.24, 2.45) is 0 Å². The molecular formula is C10H11F9O. The molecule has 0 saturated heterocycles. The maximum atomic E-state index is 13.0. The van der Waals surface area contributed by atoms with E-state index in [2.05, 4.69) is 0 Å². The van der Waals surface area contributed by atoms with E-state index in [0.717, 1.165) is 0 Å². The SMILES string of the molecule is CCCCCC(=O)C(F)(F)C(F)(F)C(F)(F)C(F)(F)F. The molecule has 120 valence electrons. The summed E-state index contributed by atoms with van der Waals surface area (Å²) in [6.07, 6.45) is -7.83. The second-order valence-corrected chi connectivity index (χ2v) is 4.10. The molecule has 0 saturated carbocycles. The van der Waals surface area contributed by atoms with Crippen LogP contribution in [0.15, 0.2) is 0 Å². The number of Topliss-reactive ketones (excluding diaryl/α,β-unsaturated/α-hetero) is 1. The summed E-state index contributed by atoms with van der Waals surface area (Å²) in [5.41, 5.74) is 0. The zero-order valence-electron chi connectivity index (χ0n) is 10.1. The average molecular weight is 318 g/mol. The number of alkyl halides is 9. The Balaban J connectivity index is 5.30. The van der Waals surface area contributed by atoms with Gasteiger partial charge in [-0.05, 0) is 6.42 Å². The Labute approximate surface area is 108 Å². The molecule has 0 amide bonds. The Morgan fingerprint density at radius 3 is 1.60 bits per heavy atom. The molecule has 0 aromatic rings. The molecule has 0 N–H and O–H groups in total. The van der Waals surface area contributed by atoms with E-state index in [0.29, 0.717) is 6.42 Å². The van der Waals surface area contributed by atoms with Crippen molar-refractivity contribution in [1.82, 2.24) is 0 Å². The predicted molar refractivity (Wildman–Crippen MR) is 50.0 cm³/mol. The number of rotatable bonds is 7. The summed E-state index contributed by atoms with van der Waals surface area (Å²) in [4.78, 5) is 10.8. The quantitative estimate of drug-likeness (QED) is 0.495. The van der Waals surface area contributed by atoms with Crippen molar-refractivity contribution in [2.75, 3.05) is 0 Å². The van der Waals surface area contributed by atoms with Crippen molar-refractivity contribution in [1.29, 1.82) is 0 Å². The van der Waals surface area contributed by atoms with Crippen LogP contribution >= 0.6 is 0 Å². The lowest BCUT2D eigenvalue weighted by atomic mass is 9.97. The van der Waals surface area contributed by atoms with E-state index in [1.54, 1.807) is 6.92 Å². The van der Waals surface area contributed by atoms with E-state index in [-0.39, 0.29) is 12.8 Å². The van der Waals surface area contributed by atoms with Gasteiger partial charge >= 0.3 is 23.9 Å². The van der Waals surface area contributed by atoms with Gasteiger partial charge in [-0.1, -0.05) is 19.8 Å². The van der Waals surface area contributed by atoms with Crippen LogP contribution in [-0.4, -0.2) is 29.7 Å². The molecule has 0 heterocycles. The van der Waals surface area contributed by atoms with Crippen LogP contribution in [-0.2, 0) is 4.79 Å². The third-order valence-electron chi connectivity index (χ3n) is 2.50. The van der Waals surface area contributed by atoms with Gasteiger partial charge in [-0.2, -0.15) is 39.5 Å². The van der Waals surface area contributed by atoms with Gasteiger partial charge in [-0.25, -0.2) is 0 Å². The van der Waals surface area contributed by atoms with E-state index < -0.39 is 36.1 Å². The van der Waals surface area contributed by atoms with Crippen LogP contribution in [0.4, 0.5) is 39.5 Å². The van der Waals surface area contributed by atoms with Crippen molar-refractivity contribution in [2.45, 2.75) is 56.6 Å². The van der Waals surface area contributed by atoms with Crippen LogP contribution in [0.3, 0.4) is 0 Å². The minimum absolute atomic E-state index is 0.170. The van der Waals surface area contributed by atoms with Gasteiger partial charge in [0.1, 0.15) is 0 Å². The largest absolute Gasteiger partial charge is 0.460 e. The van der Waals surface area contributed by atoms with Gasteiger partial charge in [-0.15, -0.1) is 0 Å². The molecule has 0 aliphatic rings.